The monoisotopic (exact) mass is 249 g/mol. The topological polar surface area (TPSA) is 57.8 Å². The van der Waals surface area contributed by atoms with Crippen LogP contribution in [0.15, 0.2) is 18.7 Å². The highest BCUT2D eigenvalue weighted by Crippen LogP contribution is 2.10. The minimum absolute atomic E-state index is 0.419. The SMILES string of the molecule is CCn1cc(OCc2ncnn2CC(C)C)cn1. The Balaban J connectivity index is 1.95. The zero-order valence-electron chi connectivity index (χ0n) is 11.1. The number of aromatic nitrogens is 5. The first-order chi connectivity index (χ1) is 8.69. The first-order valence-electron chi connectivity index (χ1n) is 6.21. The predicted molar refractivity (Wildman–Crippen MR) is 67.1 cm³/mol. The van der Waals surface area contributed by atoms with Gasteiger partial charge in [-0.15, -0.1) is 0 Å². The highest BCUT2D eigenvalue weighted by molar-refractivity contribution is 5.11. The smallest absolute Gasteiger partial charge is 0.164 e. The summed E-state index contributed by atoms with van der Waals surface area (Å²) >= 11 is 0. The molecule has 2 heterocycles. The van der Waals surface area contributed by atoms with E-state index in [0.717, 1.165) is 24.7 Å². The zero-order chi connectivity index (χ0) is 13.0. The van der Waals surface area contributed by atoms with Crippen molar-refractivity contribution in [1.82, 2.24) is 24.5 Å². The van der Waals surface area contributed by atoms with Crippen molar-refractivity contribution in [3.63, 3.8) is 0 Å². The van der Waals surface area contributed by atoms with Gasteiger partial charge in [0.25, 0.3) is 0 Å². The van der Waals surface area contributed by atoms with Crippen LogP contribution in [-0.2, 0) is 19.7 Å². The van der Waals surface area contributed by atoms with Gasteiger partial charge in [-0.25, -0.2) is 9.67 Å². The van der Waals surface area contributed by atoms with Crippen molar-refractivity contribution < 1.29 is 4.74 Å². The van der Waals surface area contributed by atoms with E-state index in [4.69, 9.17) is 4.74 Å². The third kappa shape index (κ3) is 3.09. The van der Waals surface area contributed by atoms with Crippen molar-refractivity contribution in [1.29, 1.82) is 0 Å². The van der Waals surface area contributed by atoms with E-state index >= 15 is 0 Å². The number of nitrogens with zero attached hydrogens (tertiary/aromatic N) is 5. The molecule has 0 aliphatic heterocycles. The van der Waals surface area contributed by atoms with Crippen LogP contribution in [-0.4, -0.2) is 24.5 Å². The van der Waals surface area contributed by atoms with E-state index in [2.05, 4.69) is 29.0 Å². The Morgan fingerprint density at radius 1 is 1.33 bits per heavy atom. The molecule has 0 aliphatic carbocycles. The van der Waals surface area contributed by atoms with Crippen LogP contribution in [0.3, 0.4) is 0 Å². The molecule has 0 radical (unpaired) electrons. The zero-order valence-corrected chi connectivity index (χ0v) is 11.1. The lowest BCUT2D eigenvalue weighted by Crippen LogP contribution is -2.12. The largest absolute Gasteiger partial charge is 0.482 e. The predicted octanol–water partition coefficient (Wildman–Crippen LogP) is 1.73. The molecule has 2 aromatic heterocycles. The maximum Gasteiger partial charge on any atom is 0.164 e. The fourth-order valence-electron chi connectivity index (χ4n) is 1.64. The molecule has 0 N–H and O–H groups in total. The van der Waals surface area contributed by atoms with Crippen LogP contribution in [0, 0.1) is 5.92 Å². The Hall–Kier alpha value is -1.85. The Morgan fingerprint density at radius 2 is 2.17 bits per heavy atom. The first kappa shape index (κ1) is 12.6. The standard InChI is InChI=1S/C12H19N5O/c1-4-16-7-11(5-14-16)18-8-12-13-9-15-17(12)6-10(2)3/h5,7,9-10H,4,6,8H2,1-3H3. The van der Waals surface area contributed by atoms with Gasteiger partial charge in [-0.3, -0.25) is 4.68 Å². The van der Waals surface area contributed by atoms with E-state index < -0.39 is 0 Å². The summed E-state index contributed by atoms with van der Waals surface area (Å²) in [6, 6.07) is 0. The van der Waals surface area contributed by atoms with E-state index in [1.165, 1.54) is 0 Å². The van der Waals surface area contributed by atoms with Gasteiger partial charge in [0.2, 0.25) is 0 Å². The summed E-state index contributed by atoms with van der Waals surface area (Å²) in [7, 11) is 0. The summed E-state index contributed by atoms with van der Waals surface area (Å²) < 4.78 is 9.36. The average Bonchev–Trinajstić information content (AvgIpc) is 2.94. The maximum atomic E-state index is 5.65. The van der Waals surface area contributed by atoms with Gasteiger partial charge >= 0.3 is 0 Å². The molecule has 2 rings (SSSR count). The summed E-state index contributed by atoms with van der Waals surface area (Å²) in [6.07, 6.45) is 5.16. The summed E-state index contributed by atoms with van der Waals surface area (Å²) in [5.74, 6) is 2.14. The summed E-state index contributed by atoms with van der Waals surface area (Å²) in [5, 5.41) is 8.35. The summed E-state index contributed by atoms with van der Waals surface area (Å²) in [6.45, 7) is 8.45. The van der Waals surface area contributed by atoms with E-state index in [9.17, 15) is 0 Å². The lowest BCUT2D eigenvalue weighted by atomic mass is 10.2. The lowest BCUT2D eigenvalue weighted by molar-refractivity contribution is 0.282. The molecule has 0 aliphatic rings. The summed E-state index contributed by atoms with van der Waals surface area (Å²) in [4.78, 5) is 4.21. The average molecular weight is 249 g/mol. The van der Waals surface area contributed by atoms with Crippen molar-refractivity contribution >= 4 is 0 Å². The fourth-order valence-corrected chi connectivity index (χ4v) is 1.64. The van der Waals surface area contributed by atoms with Crippen LogP contribution >= 0.6 is 0 Å². The van der Waals surface area contributed by atoms with Crippen molar-refractivity contribution in [3.05, 3.63) is 24.5 Å². The maximum absolute atomic E-state index is 5.65. The molecule has 0 aromatic carbocycles. The van der Waals surface area contributed by atoms with Crippen LogP contribution in [0.1, 0.15) is 26.6 Å². The van der Waals surface area contributed by atoms with Crippen molar-refractivity contribution in [3.8, 4) is 5.75 Å². The Labute approximate surface area is 107 Å². The van der Waals surface area contributed by atoms with Gasteiger partial charge in [-0.05, 0) is 12.8 Å². The van der Waals surface area contributed by atoms with E-state index in [1.807, 2.05) is 22.5 Å². The minimum Gasteiger partial charge on any atom is -0.482 e. The molecular formula is C12H19N5O. The Kier molecular flexibility index (Phi) is 3.96. The number of ether oxygens (including phenoxy) is 1. The highest BCUT2D eigenvalue weighted by Gasteiger charge is 2.07. The first-order valence-corrected chi connectivity index (χ1v) is 6.21. The molecule has 6 nitrogen and oxygen atoms in total. The molecule has 98 valence electrons. The Bertz CT molecular complexity index is 488. The van der Waals surface area contributed by atoms with Crippen molar-refractivity contribution in [2.75, 3.05) is 0 Å². The van der Waals surface area contributed by atoms with Gasteiger partial charge in [0.05, 0.1) is 12.4 Å². The van der Waals surface area contributed by atoms with Crippen LogP contribution in [0.5, 0.6) is 5.75 Å². The molecule has 0 spiro atoms. The van der Waals surface area contributed by atoms with E-state index in [1.54, 1.807) is 12.5 Å². The molecule has 0 atom stereocenters. The quantitative estimate of drug-likeness (QED) is 0.782. The normalized spacial score (nSPS) is 11.1. The second kappa shape index (κ2) is 5.66. The van der Waals surface area contributed by atoms with Crippen molar-refractivity contribution in [2.24, 2.45) is 5.92 Å². The Morgan fingerprint density at radius 3 is 2.83 bits per heavy atom. The van der Waals surface area contributed by atoms with Crippen LogP contribution in [0.25, 0.3) is 0 Å². The van der Waals surface area contributed by atoms with Gasteiger partial charge in [0.1, 0.15) is 12.9 Å². The lowest BCUT2D eigenvalue weighted by Gasteiger charge is -2.08. The second-order valence-electron chi connectivity index (χ2n) is 4.57. The second-order valence-corrected chi connectivity index (χ2v) is 4.57. The molecule has 2 aromatic rings. The molecule has 0 amide bonds. The van der Waals surface area contributed by atoms with Gasteiger partial charge in [-0.2, -0.15) is 10.2 Å². The van der Waals surface area contributed by atoms with Crippen molar-refractivity contribution in [2.45, 2.75) is 40.5 Å². The molecule has 0 bridgehead atoms. The molecule has 18 heavy (non-hydrogen) atoms. The van der Waals surface area contributed by atoms with E-state index in [-0.39, 0.29) is 0 Å². The summed E-state index contributed by atoms with van der Waals surface area (Å²) in [5.41, 5.74) is 0. The minimum atomic E-state index is 0.419. The van der Waals surface area contributed by atoms with Crippen LogP contribution in [0.2, 0.25) is 0 Å². The molecule has 6 heteroatoms. The fraction of sp³-hybridized carbons (Fsp3) is 0.583. The molecular weight excluding hydrogens is 230 g/mol. The van der Waals surface area contributed by atoms with Gasteiger partial charge in [-0.1, -0.05) is 13.8 Å². The van der Waals surface area contributed by atoms with Gasteiger partial charge in [0, 0.05) is 13.1 Å². The third-order valence-electron chi connectivity index (χ3n) is 2.54. The number of rotatable bonds is 6. The number of hydrogen-bond acceptors (Lipinski definition) is 4. The van der Waals surface area contributed by atoms with Crippen LogP contribution in [0.4, 0.5) is 0 Å². The molecule has 0 saturated carbocycles. The molecule has 0 saturated heterocycles. The number of hydrogen-bond donors (Lipinski definition) is 0. The van der Waals surface area contributed by atoms with Gasteiger partial charge in [0.15, 0.2) is 11.6 Å². The van der Waals surface area contributed by atoms with E-state index in [0.29, 0.717) is 12.5 Å². The van der Waals surface area contributed by atoms with Crippen LogP contribution < -0.4 is 4.74 Å². The molecule has 0 fully saturated rings. The third-order valence-corrected chi connectivity index (χ3v) is 2.54. The van der Waals surface area contributed by atoms with Gasteiger partial charge < -0.3 is 4.74 Å². The highest BCUT2D eigenvalue weighted by atomic mass is 16.5. The molecule has 0 unspecified atom stereocenters. The number of aryl methyl sites for hydroxylation is 1.